The van der Waals surface area contributed by atoms with Crippen molar-refractivity contribution < 1.29 is 38.5 Å². The number of quaternary nitrogens is 1. The van der Waals surface area contributed by atoms with Gasteiger partial charge in [-0.25, -0.2) is 4.79 Å². The van der Waals surface area contributed by atoms with E-state index in [1.54, 1.807) is 21.0 Å². The van der Waals surface area contributed by atoms with Crippen LogP contribution in [0.1, 0.15) is 31.0 Å². The smallest absolute Gasteiger partial charge is 0.351 e. The number of fused-ring (bicyclic) bond motifs is 2. The first kappa shape index (κ1) is 16.8. The van der Waals surface area contributed by atoms with Crippen LogP contribution in [0.4, 0.5) is 0 Å². The monoisotopic (exact) mass is 364 g/mol. The molecule has 1 unspecified atom stereocenters. The van der Waals surface area contributed by atoms with E-state index in [0.717, 1.165) is 29.0 Å². The van der Waals surface area contributed by atoms with Gasteiger partial charge in [-0.15, -0.1) is 0 Å². The van der Waals surface area contributed by atoms with Gasteiger partial charge in [0.25, 0.3) is 11.7 Å². The van der Waals surface area contributed by atoms with E-state index < -0.39 is 23.7 Å². The molecule has 3 heterocycles. The lowest BCUT2D eigenvalue weighted by Crippen LogP contribution is -3.10. The van der Waals surface area contributed by atoms with Crippen LogP contribution < -0.4 is 19.1 Å². The summed E-state index contributed by atoms with van der Waals surface area (Å²) in [6, 6.07) is 1.41. The number of likely N-dealkylation sites (N-methyl/N-ethyl adjacent to an activating group) is 1. The molecule has 0 radical (unpaired) electrons. The van der Waals surface area contributed by atoms with Crippen LogP contribution in [0.5, 0.6) is 17.2 Å². The third-order valence-electron chi connectivity index (χ3n) is 4.94. The Bertz CT molecular complexity index is 814. The largest absolute Gasteiger partial charge is 0.492 e. The van der Waals surface area contributed by atoms with Gasteiger partial charge in [0, 0.05) is 20.3 Å². The highest BCUT2D eigenvalue weighted by Crippen LogP contribution is 2.49. The van der Waals surface area contributed by atoms with Crippen molar-refractivity contribution in [3.63, 3.8) is 0 Å². The minimum Gasteiger partial charge on any atom is -0.492 e. The minimum absolute atomic E-state index is 0.0833. The van der Waals surface area contributed by atoms with Gasteiger partial charge >= 0.3 is 5.97 Å². The maximum atomic E-state index is 12.7. The second-order valence-corrected chi connectivity index (χ2v) is 7.11. The predicted octanol–water partition coefficient (Wildman–Crippen LogP) is 0.615. The zero-order valence-corrected chi connectivity index (χ0v) is 15.2. The fourth-order valence-electron chi connectivity index (χ4n) is 3.83. The first-order valence-corrected chi connectivity index (χ1v) is 8.49. The third-order valence-corrected chi connectivity index (χ3v) is 4.94. The van der Waals surface area contributed by atoms with Gasteiger partial charge in [0.2, 0.25) is 12.5 Å². The molecule has 0 fully saturated rings. The van der Waals surface area contributed by atoms with Gasteiger partial charge in [-0.3, -0.25) is 0 Å². The Labute approximate surface area is 150 Å². The van der Waals surface area contributed by atoms with Crippen molar-refractivity contribution in [3.8, 4) is 17.2 Å². The Kier molecular flexibility index (Phi) is 3.69. The summed E-state index contributed by atoms with van der Waals surface area (Å²) in [5, 5.41) is 10.5. The molecular formula is C18H22NO7+. The van der Waals surface area contributed by atoms with Crippen molar-refractivity contribution in [2.75, 3.05) is 27.5 Å². The molecule has 0 bridgehead atoms. The molecule has 2 N–H and O–H groups in total. The number of benzene rings is 1. The van der Waals surface area contributed by atoms with Gasteiger partial charge in [-0.2, -0.15) is 0 Å². The van der Waals surface area contributed by atoms with Gasteiger partial charge in [0.15, 0.2) is 23.1 Å². The highest BCUT2D eigenvalue weighted by Gasteiger charge is 2.47. The summed E-state index contributed by atoms with van der Waals surface area (Å²) in [7, 11) is 3.50. The highest BCUT2D eigenvalue weighted by atomic mass is 16.8. The maximum Gasteiger partial charge on any atom is 0.351 e. The first-order chi connectivity index (χ1) is 12.3. The van der Waals surface area contributed by atoms with Gasteiger partial charge in [-0.05, 0) is 11.6 Å². The number of esters is 1. The molecule has 3 aliphatic heterocycles. The summed E-state index contributed by atoms with van der Waals surface area (Å²) in [6.45, 7) is 4.02. The number of methoxy groups -OCH3 is 1. The van der Waals surface area contributed by atoms with Crippen molar-refractivity contribution in [3.05, 3.63) is 28.7 Å². The van der Waals surface area contributed by atoms with Crippen LogP contribution in [0, 0.1) is 0 Å². The summed E-state index contributed by atoms with van der Waals surface area (Å²) >= 11 is 0. The van der Waals surface area contributed by atoms with E-state index in [2.05, 4.69) is 0 Å². The number of carbonyl (C=O) groups is 1. The van der Waals surface area contributed by atoms with Crippen molar-refractivity contribution >= 4 is 5.97 Å². The number of aliphatic hydroxyl groups is 1. The number of hydrogen-bond acceptors (Lipinski definition) is 7. The predicted molar refractivity (Wildman–Crippen MR) is 88.2 cm³/mol. The normalized spacial score (nSPS) is 26.1. The summed E-state index contributed by atoms with van der Waals surface area (Å²) in [5.41, 5.74) is 1.85. The third kappa shape index (κ3) is 2.44. The topological polar surface area (TPSA) is 87.9 Å². The lowest BCUT2D eigenvalue weighted by molar-refractivity contribution is -0.908. The molecule has 0 aliphatic carbocycles. The molecule has 26 heavy (non-hydrogen) atoms. The van der Waals surface area contributed by atoms with Crippen LogP contribution in [0.3, 0.4) is 0 Å². The minimum atomic E-state index is -1.21. The fraction of sp³-hybridized carbons (Fsp3) is 0.500. The number of rotatable bonds is 2. The molecule has 2 atom stereocenters. The van der Waals surface area contributed by atoms with Crippen LogP contribution >= 0.6 is 0 Å². The highest BCUT2D eigenvalue weighted by molar-refractivity contribution is 5.91. The second-order valence-electron chi connectivity index (χ2n) is 7.11. The van der Waals surface area contributed by atoms with E-state index in [9.17, 15) is 9.90 Å². The molecule has 1 aromatic carbocycles. The lowest BCUT2D eigenvalue weighted by atomic mass is 9.86. The Hall–Kier alpha value is -2.61. The Morgan fingerprint density at radius 2 is 2.08 bits per heavy atom. The SMILES string of the molecule is COc1c2c(cc3c1[C@@H](C1=C(O)OC(C)(C)OC1=O)[NH+](C)CC3)OCO2. The van der Waals surface area contributed by atoms with E-state index in [0.29, 0.717) is 17.2 Å². The number of aliphatic hydroxyl groups excluding tert-OH is 1. The molecule has 0 amide bonds. The zero-order chi connectivity index (χ0) is 18.6. The first-order valence-electron chi connectivity index (χ1n) is 8.49. The van der Waals surface area contributed by atoms with E-state index >= 15 is 0 Å². The molecule has 0 spiro atoms. The molecule has 8 heteroatoms. The Balaban J connectivity index is 1.91. The molecule has 1 aromatic rings. The van der Waals surface area contributed by atoms with Crippen LogP contribution in [0.2, 0.25) is 0 Å². The average Bonchev–Trinajstić information content (AvgIpc) is 3.01. The van der Waals surface area contributed by atoms with Gasteiger partial charge < -0.3 is 33.7 Å². The Morgan fingerprint density at radius 1 is 1.31 bits per heavy atom. The van der Waals surface area contributed by atoms with Crippen LogP contribution in [-0.4, -0.2) is 44.4 Å². The molecule has 0 saturated carbocycles. The van der Waals surface area contributed by atoms with Crippen molar-refractivity contribution in [2.24, 2.45) is 0 Å². The summed E-state index contributed by atoms with van der Waals surface area (Å²) < 4.78 is 27.5. The van der Waals surface area contributed by atoms with Crippen LogP contribution in [0.15, 0.2) is 17.6 Å². The molecule has 0 saturated heterocycles. The molecule has 4 rings (SSSR count). The fourth-order valence-corrected chi connectivity index (χ4v) is 3.83. The molecular weight excluding hydrogens is 342 g/mol. The summed E-state index contributed by atoms with van der Waals surface area (Å²) in [6.07, 6.45) is 0.778. The number of cyclic esters (lactones) is 1. The standard InChI is InChI=1S/C18H21NO7/c1-18(2)25-16(20)12(17(21)26-18)13-11-9(5-6-19(13)3)7-10-14(15(11)22-4)24-8-23-10/h7,13,20H,5-6,8H2,1-4H3/p+1/t13-/m0/s1. The van der Waals surface area contributed by atoms with Gasteiger partial charge in [-0.1, -0.05) is 0 Å². The van der Waals surface area contributed by atoms with E-state index in [4.69, 9.17) is 23.7 Å². The number of ether oxygens (including phenoxy) is 5. The lowest BCUT2D eigenvalue weighted by Gasteiger charge is -2.37. The average molecular weight is 364 g/mol. The van der Waals surface area contributed by atoms with E-state index in [1.165, 1.54) is 0 Å². The molecule has 140 valence electrons. The summed E-state index contributed by atoms with van der Waals surface area (Å²) in [4.78, 5) is 13.7. The quantitative estimate of drug-likeness (QED) is 0.744. The Morgan fingerprint density at radius 3 is 2.77 bits per heavy atom. The van der Waals surface area contributed by atoms with E-state index in [1.807, 2.05) is 13.1 Å². The van der Waals surface area contributed by atoms with E-state index in [-0.39, 0.29) is 12.4 Å². The molecule has 8 nitrogen and oxygen atoms in total. The van der Waals surface area contributed by atoms with Crippen LogP contribution in [0.25, 0.3) is 0 Å². The zero-order valence-electron chi connectivity index (χ0n) is 15.2. The molecule has 3 aliphatic rings. The second kappa shape index (κ2) is 5.70. The van der Waals surface area contributed by atoms with Crippen molar-refractivity contribution in [1.29, 1.82) is 0 Å². The van der Waals surface area contributed by atoms with Gasteiger partial charge in [0.05, 0.1) is 26.3 Å². The number of nitrogens with one attached hydrogen (secondary N) is 1. The number of carbonyl (C=O) groups excluding carboxylic acids is 1. The van der Waals surface area contributed by atoms with Crippen LogP contribution in [-0.2, 0) is 20.7 Å². The maximum absolute atomic E-state index is 12.7. The molecule has 0 aromatic heterocycles. The summed E-state index contributed by atoms with van der Waals surface area (Å²) in [5.74, 6) is -0.581. The van der Waals surface area contributed by atoms with Crippen molar-refractivity contribution in [1.82, 2.24) is 0 Å². The van der Waals surface area contributed by atoms with Crippen molar-refractivity contribution in [2.45, 2.75) is 32.1 Å². The van der Waals surface area contributed by atoms with Gasteiger partial charge in [0.1, 0.15) is 0 Å². The number of hydrogen-bond donors (Lipinski definition) is 2.